The molecule has 0 atom stereocenters. The molecule has 0 spiro atoms. The first-order chi connectivity index (χ1) is 6.29. The average Bonchev–Trinajstić information content (AvgIpc) is 2.52. The summed E-state index contributed by atoms with van der Waals surface area (Å²) in [5, 5.41) is 13.9. The number of para-hydroxylation sites is 1. The monoisotopic (exact) mass is 194 g/mol. The van der Waals surface area contributed by atoms with Crippen molar-refractivity contribution in [2.45, 2.75) is 0 Å². The molecule has 2 rings (SSSR count). The second kappa shape index (κ2) is 3.11. The molecule has 1 aromatic heterocycles. The van der Waals surface area contributed by atoms with E-state index in [9.17, 15) is 5.11 Å². The van der Waals surface area contributed by atoms with Crippen LogP contribution in [0.2, 0.25) is 5.02 Å². The van der Waals surface area contributed by atoms with E-state index < -0.39 is 0 Å². The summed E-state index contributed by atoms with van der Waals surface area (Å²) >= 11 is 5.92. The largest absolute Gasteiger partial charge is 0.493 e. The van der Waals surface area contributed by atoms with Crippen LogP contribution < -0.4 is 0 Å². The first-order valence-electron chi connectivity index (χ1n) is 3.77. The summed E-state index contributed by atoms with van der Waals surface area (Å²) in [6, 6.07) is 8.70. The molecule has 2 aromatic rings. The van der Waals surface area contributed by atoms with Gasteiger partial charge in [0.25, 0.3) is 0 Å². The van der Waals surface area contributed by atoms with Crippen LogP contribution in [0.25, 0.3) is 5.69 Å². The molecule has 0 bridgehead atoms. The van der Waals surface area contributed by atoms with Gasteiger partial charge >= 0.3 is 0 Å². The van der Waals surface area contributed by atoms with Gasteiger partial charge in [-0.05, 0) is 12.1 Å². The Bertz CT molecular complexity index is 425. The first kappa shape index (κ1) is 8.13. The number of halogens is 1. The highest BCUT2D eigenvalue weighted by molar-refractivity contribution is 6.32. The predicted octanol–water partition coefficient (Wildman–Crippen LogP) is 2.23. The Labute approximate surface area is 80.2 Å². The van der Waals surface area contributed by atoms with E-state index in [1.807, 2.05) is 12.1 Å². The van der Waals surface area contributed by atoms with Crippen LogP contribution >= 0.6 is 11.6 Å². The van der Waals surface area contributed by atoms with Crippen LogP contribution in [0.1, 0.15) is 0 Å². The molecule has 0 radical (unpaired) electrons. The van der Waals surface area contributed by atoms with Crippen molar-refractivity contribution >= 4 is 11.6 Å². The van der Waals surface area contributed by atoms with Crippen molar-refractivity contribution in [3.05, 3.63) is 41.6 Å². The van der Waals surface area contributed by atoms with E-state index in [2.05, 4.69) is 5.10 Å². The van der Waals surface area contributed by atoms with Gasteiger partial charge in [0.1, 0.15) is 0 Å². The lowest BCUT2D eigenvalue weighted by molar-refractivity contribution is 0.433. The lowest BCUT2D eigenvalue weighted by atomic mass is 10.3. The summed E-state index contributed by atoms with van der Waals surface area (Å²) in [4.78, 5) is 0. The number of nitrogens with zero attached hydrogens (tertiary/aromatic N) is 2. The van der Waals surface area contributed by atoms with Crippen molar-refractivity contribution in [1.82, 2.24) is 9.78 Å². The highest BCUT2D eigenvalue weighted by Crippen LogP contribution is 2.22. The number of hydrogen-bond acceptors (Lipinski definition) is 2. The SMILES string of the molecule is Oc1ccnn1-c1ccccc1Cl. The van der Waals surface area contributed by atoms with Gasteiger partial charge in [-0.1, -0.05) is 23.7 Å². The summed E-state index contributed by atoms with van der Waals surface area (Å²) in [6.07, 6.45) is 1.51. The maximum Gasteiger partial charge on any atom is 0.214 e. The molecule has 1 heterocycles. The van der Waals surface area contributed by atoms with Gasteiger partial charge in [0.05, 0.1) is 16.9 Å². The fourth-order valence-electron chi connectivity index (χ4n) is 1.11. The molecule has 0 aliphatic rings. The minimum absolute atomic E-state index is 0.0769. The Kier molecular flexibility index (Phi) is 1.94. The zero-order chi connectivity index (χ0) is 9.26. The Balaban J connectivity index is 2.59. The van der Waals surface area contributed by atoms with Crippen molar-refractivity contribution in [2.24, 2.45) is 0 Å². The molecule has 0 saturated heterocycles. The standard InChI is InChI=1S/C9H7ClN2O/c10-7-3-1-2-4-8(7)12-9(13)5-6-11-12/h1-6,13H. The second-order valence-electron chi connectivity index (χ2n) is 2.55. The molecule has 0 aliphatic heterocycles. The third-order valence-corrected chi connectivity index (χ3v) is 2.02. The summed E-state index contributed by atoms with van der Waals surface area (Å²) in [7, 11) is 0. The maximum absolute atomic E-state index is 9.37. The maximum atomic E-state index is 9.37. The van der Waals surface area contributed by atoms with E-state index in [1.165, 1.54) is 16.9 Å². The fourth-order valence-corrected chi connectivity index (χ4v) is 1.32. The van der Waals surface area contributed by atoms with Gasteiger partial charge < -0.3 is 5.11 Å². The molecule has 1 N–H and O–H groups in total. The quantitative estimate of drug-likeness (QED) is 0.756. The number of aromatic hydroxyl groups is 1. The average molecular weight is 195 g/mol. The Hall–Kier alpha value is -1.48. The van der Waals surface area contributed by atoms with E-state index in [-0.39, 0.29) is 5.88 Å². The van der Waals surface area contributed by atoms with Crippen LogP contribution in [-0.2, 0) is 0 Å². The van der Waals surface area contributed by atoms with Crippen LogP contribution in [0.3, 0.4) is 0 Å². The lowest BCUT2D eigenvalue weighted by Crippen LogP contribution is -1.95. The third kappa shape index (κ3) is 1.38. The summed E-state index contributed by atoms with van der Waals surface area (Å²) in [6.45, 7) is 0. The molecule has 0 saturated carbocycles. The van der Waals surface area contributed by atoms with Gasteiger partial charge in [-0.15, -0.1) is 0 Å². The molecule has 0 aliphatic carbocycles. The topological polar surface area (TPSA) is 38.1 Å². The molecule has 1 aromatic carbocycles. The third-order valence-electron chi connectivity index (χ3n) is 1.70. The zero-order valence-electron chi connectivity index (χ0n) is 6.68. The van der Waals surface area contributed by atoms with Crippen molar-refractivity contribution in [2.75, 3.05) is 0 Å². The Morgan fingerprint density at radius 1 is 1.23 bits per heavy atom. The van der Waals surface area contributed by atoms with E-state index in [1.54, 1.807) is 12.1 Å². The number of rotatable bonds is 1. The van der Waals surface area contributed by atoms with E-state index in [0.29, 0.717) is 10.7 Å². The van der Waals surface area contributed by atoms with Crippen molar-refractivity contribution < 1.29 is 5.11 Å². The minimum Gasteiger partial charge on any atom is -0.493 e. The summed E-state index contributed by atoms with van der Waals surface area (Å²) in [5.74, 6) is 0.0769. The molecule has 66 valence electrons. The van der Waals surface area contributed by atoms with Gasteiger partial charge in [0.15, 0.2) is 0 Å². The van der Waals surface area contributed by atoms with Gasteiger partial charge in [-0.25, -0.2) is 0 Å². The van der Waals surface area contributed by atoms with Crippen LogP contribution in [0.15, 0.2) is 36.5 Å². The van der Waals surface area contributed by atoms with Gasteiger partial charge in [0, 0.05) is 6.07 Å². The summed E-state index contributed by atoms with van der Waals surface area (Å²) < 4.78 is 1.38. The van der Waals surface area contributed by atoms with Crippen LogP contribution in [0, 0.1) is 0 Å². The van der Waals surface area contributed by atoms with Crippen molar-refractivity contribution in [1.29, 1.82) is 0 Å². The van der Waals surface area contributed by atoms with Crippen molar-refractivity contribution in [3.8, 4) is 11.6 Å². The van der Waals surface area contributed by atoms with Crippen LogP contribution in [-0.4, -0.2) is 14.9 Å². The highest BCUT2D eigenvalue weighted by Gasteiger charge is 2.05. The second-order valence-corrected chi connectivity index (χ2v) is 2.96. The number of hydrogen-bond donors (Lipinski definition) is 1. The smallest absolute Gasteiger partial charge is 0.214 e. The number of benzene rings is 1. The molecule has 3 nitrogen and oxygen atoms in total. The van der Waals surface area contributed by atoms with Crippen LogP contribution in [0.4, 0.5) is 0 Å². The molecule has 4 heteroatoms. The Morgan fingerprint density at radius 3 is 2.62 bits per heavy atom. The Morgan fingerprint density at radius 2 is 2.00 bits per heavy atom. The molecule has 0 amide bonds. The molecular weight excluding hydrogens is 188 g/mol. The van der Waals surface area contributed by atoms with E-state index >= 15 is 0 Å². The lowest BCUT2D eigenvalue weighted by Gasteiger charge is -2.03. The molecule has 13 heavy (non-hydrogen) atoms. The van der Waals surface area contributed by atoms with Gasteiger partial charge in [0.2, 0.25) is 5.88 Å². The van der Waals surface area contributed by atoms with Gasteiger partial charge in [-0.3, -0.25) is 0 Å². The van der Waals surface area contributed by atoms with Crippen LogP contribution in [0.5, 0.6) is 5.88 Å². The minimum atomic E-state index is 0.0769. The fraction of sp³-hybridized carbons (Fsp3) is 0. The summed E-state index contributed by atoms with van der Waals surface area (Å²) in [5.41, 5.74) is 0.673. The normalized spacial score (nSPS) is 10.2. The zero-order valence-corrected chi connectivity index (χ0v) is 7.44. The van der Waals surface area contributed by atoms with Crippen molar-refractivity contribution in [3.63, 3.8) is 0 Å². The molecule has 0 unspecified atom stereocenters. The molecule has 0 fully saturated rings. The first-order valence-corrected chi connectivity index (χ1v) is 4.15. The molecular formula is C9H7ClN2O. The van der Waals surface area contributed by atoms with Gasteiger partial charge in [-0.2, -0.15) is 9.78 Å². The number of aromatic nitrogens is 2. The van der Waals surface area contributed by atoms with E-state index in [0.717, 1.165) is 0 Å². The highest BCUT2D eigenvalue weighted by atomic mass is 35.5. The predicted molar refractivity (Wildman–Crippen MR) is 50.2 cm³/mol. The van der Waals surface area contributed by atoms with E-state index in [4.69, 9.17) is 11.6 Å².